The molecule has 0 saturated heterocycles. The molecule has 3 heteroatoms. The smallest absolute Gasteiger partial charge is 0.255 e. The predicted molar refractivity (Wildman–Crippen MR) is 67.1 cm³/mol. The number of rotatable bonds is 2. The highest BCUT2D eigenvalue weighted by Gasteiger charge is 2.16. The molecule has 2 rings (SSSR count). The van der Waals surface area contributed by atoms with Crippen molar-refractivity contribution in [2.45, 2.75) is 32.2 Å². The number of nitrogens with one attached hydrogen (secondary N) is 1. The Bertz CT molecular complexity index is 452. The number of benzene rings is 1. The van der Waals surface area contributed by atoms with Crippen molar-refractivity contribution in [1.82, 2.24) is 5.32 Å². The summed E-state index contributed by atoms with van der Waals surface area (Å²) in [5, 5.41) is 12.6. The van der Waals surface area contributed by atoms with Crippen LogP contribution in [-0.2, 0) is 0 Å². The van der Waals surface area contributed by atoms with Gasteiger partial charge >= 0.3 is 0 Å². The Balaban J connectivity index is 2.08. The van der Waals surface area contributed by atoms with E-state index in [1.807, 2.05) is 6.92 Å². The molecule has 0 radical (unpaired) electrons. The molecule has 2 N–H and O–H groups in total. The molecule has 0 aromatic heterocycles. The zero-order valence-electron chi connectivity index (χ0n) is 9.94. The van der Waals surface area contributed by atoms with Gasteiger partial charge < -0.3 is 10.4 Å². The Labute approximate surface area is 101 Å². The molecule has 1 amide bonds. The van der Waals surface area contributed by atoms with Crippen molar-refractivity contribution in [3.63, 3.8) is 0 Å². The van der Waals surface area contributed by atoms with Gasteiger partial charge in [-0.05, 0) is 38.3 Å². The first-order chi connectivity index (χ1) is 8.16. The van der Waals surface area contributed by atoms with Crippen LogP contribution in [0, 0.1) is 6.92 Å². The highest BCUT2D eigenvalue weighted by Crippen LogP contribution is 2.19. The van der Waals surface area contributed by atoms with Crippen LogP contribution in [0.15, 0.2) is 30.4 Å². The number of hydrogen-bond acceptors (Lipinski definition) is 2. The summed E-state index contributed by atoms with van der Waals surface area (Å²) in [6.07, 6.45) is 7.06. The molecule has 1 aromatic rings. The van der Waals surface area contributed by atoms with E-state index in [1.54, 1.807) is 18.2 Å². The Morgan fingerprint density at radius 3 is 2.94 bits per heavy atom. The first-order valence-electron chi connectivity index (χ1n) is 5.92. The van der Waals surface area contributed by atoms with Crippen molar-refractivity contribution in [2.75, 3.05) is 0 Å². The Hall–Kier alpha value is -1.77. The first kappa shape index (κ1) is 11.7. The molecular weight excluding hydrogens is 214 g/mol. The lowest BCUT2D eigenvalue weighted by Gasteiger charge is -2.19. The molecule has 1 unspecified atom stereocenters. The summed E-state index contributed by atoms with van der Waals surface area (Å²) in [5.74, 6) is -0.147. The highest BCUT2D eigenvalue weighted by atomic mass is 16.3. The number of carbonyl (C=O) groups is 1. The molecule has 17 heavy (non-hydrogen) atoms. The van der Waals surface area contributed by atoms with Gasteiger partial charge in [0.05, 0.1) is 5.56 Å². The maximum Gasteiger partial charge on any atom is 0.255 e. The molecule has 0 heterocycles. The maximum absolute atomic E-state index is 12.0. The second-order valence-corrected chi connectivity index (χ2v) is 4.48. The number of aryl methyl sites for hydroxylation is 1. The zero-order valence-corrected chi connectivity index (χ0v) is 9.94. The molecular formula is C14H17NO2. The van der Waals surface area contributed by atoms with Crippen molar-refractivity contribution in [2.24, 2.45) is 0 Å². The summed E-state index contributed by atoms with van der Waals surface area (Å²) in [6, 6.07) is 5.25. The third-order valence-electron chi connectivity index (χ3n) is 3.00. The summed E-state index contributed by atoms with van der Waals surface area (Å²) in [4.78, 5) is 12.0. The third kappa shape index (κ3) is 2.87. The van der Waals surface area contributed by atoms with Crippen LogP contribution in [0.1, 0.15) is 35.2 Å². The summed E-state index contributed by atoms with van der Waals surface area (Å²) >= 11 is 0. The molecule has 1 atom stereocenters. The Kier molecular flexibility index (Phi) is 3.47. The quantitative estimate of drug-likeness (QED) is 0.768. The molecule has 1 aromatic carbocycles. The van der Waals surface area contributed by atoms with E-state index in [0.29, 0.717) is 5.56 Å². The van der Waals surface area contributed by atoms with Crippen molar-refractivity contribution >= 4 is 5.91 Å². The fraction of sp³-hybridized carbons (Fsp3) is 0.357. The van der Waals surface area contributed by atoms with Gasteiger partial charge in [-0.1, -0.05) is 23.8 Å². The molecule has 3 nitrogen and oxygen atoms in total. The lowest BCUT2D eigenvalue weighted by Crippen LogP contribution is -2.35. The SMILES string of the molecule is Cc1ccc(O)c(C(=O)NC2CC=CCC2)c1. The number of aromatic hydroxyl groups is 1. The van der Waals surface area contributed by atoms with E-state index in [1.165, 1.54) is 0 Å². The number of phenols is 1. The third-order valence-corrected chi connectivity index (χ3v) is 3.00. The van der Waals surface area contributed by atoms with Crippen LogP contribution < -0.4 is 5.32 Å². The van der Waals surface area contributed by atoms with Gasteiger partial charge in [-0.3, -0.25) is 4.79 Å². The van der Waals surface area contributed by atoms with Crippen LogP contribution in [0.3, 0.4) is 0 Å². The molecule has 0 spiro atoms. The standard InChI is InChI=1S/C14H17NO2/c1-10-7-8-13(16)12(9-10)14(17)15-11-5-3-2-4-6-11/h2-3,7-9,11,16H,4-6H2,1H3,(H,15,17). The Morgan fingerprint density at radius 1 is 1.41 bits per heavy atom. The average molecular weight is 231 g/mol. The van der Waals surface area contributed by atoms with E-state index < -0.39 is 0 Å². The van der Waals surface area contributed by atoms with Crippen LogP contribution in [0.5, 0.6) is 5.75 Å². The van der Waals surface area contributed by atoms with E-state index in [4.69, 9.17) is 0 Å². The number of hydrogen-bond donors (Lipinski definition) is 2. The van der Waals surface area contributed by atoms with E-state index in [9.17, 15) is 9.90 Å². The maximum atomic E-state index is 12.0. The second-order valence-electron chi connectivity index (χ2n) is 4.48. The lowest BCUT2D eigenvalue weighted by molar-refractivity contribution is 0.0932. The minimum atomic E-state index is -0.188. The average Bonchev–Trinajstić information content (AvgIpc) is 2.33. The van der Waals surface area contributed by atoms with E-state index in [2.05, 4.69) is 17.5 Å². The van der Waals surface area contributed by atoms with Gasteiger partial charge in [0.15, 0.2) is 0 Å². The minimum absolute atomic E-state index is 0.0412. The molecule has 1 aliphatic rings. The topological polar surface area (TPSA) is 49.3 Å². The molecule has 0 bridgehead atoms. The minimum Gasteiger partial charge on any atom is -0.507 e. The molecule has 0 saturated carbocycles. The summed E-state index contributed by atoms with van der Waals surface area (Å²) in [5.41, 5.74) is 1.33. The second kappa shape index (κ2) is 5.04. The van der Waals surface area contributed by atoms with E-state index >= 15 is 0 Å². The largest absolute Gasteiger partial charge is 0.507 e. The Morgan fingerprint density at radius 2 is 2.24 bits per heavy atom. The van der Waals surface area contributed by atoms with Crippen molar-refractivity contribution < 1.29 is 9.90 Å². The summed E-state index contributed by atoms with van der Waals surface area (Å²) in [6.45, 7) is 1.90. The number of allylic oxidation sites excluding steroid dienone is 1. The molecule has 90 valence electrons. The lowest BCUT2D eigenvalue weighted by atomic mass is 10.0. The van der Waals surface area contributed by atoms with Gasteiger partial charge in [0, 0.05) is 6.04 Å². The monoisotopic (exact) mass is 231 g/mol. The highest BCUT2D eigenvalue weighted by molar-refractivity contribution is 5.97. The fourth-order valence-electron chi connectivity index (χ4n) is 2.02. The van der Waals surface area contributed by atoms with Gasteiger partial charge in [0.25, 0.3) is 5.91 Å². The zero-order chi connectivity index (χ0) is 12.3. The van der Waals surface area contributed by atoms with Crippen LogP contribution in [0.2, 0.25) is 0 Å². The van der Waals surface area contributed by atoms with Crippen LogP contribution in [0.4, 0.5) is 0 Å². The summed E-state index contributed by atoms with van der Waals surface area (Å²) < 4.78 is 0. The van der Waals surface area contributed by atoms with Gasteiger partial charge in [0.1, 0.15) is 5.75 Å². The van der Waals surface area contributed by atoms with E-state index in [-0.39, 0.29) is 17.7 Å². The van der Waals surface area contributed by atoms with Crippen LogP contribution in [0.25, 0.3) is 0 Å². The number of phenolic OH excluding ortho intramolecular Hbond substituents is 1. The normalized spacial score (nSPS) is 19.0. The summed E-state index contributed by atoms with van der Waals surface area (Å²) in [7, 11) is 0. The molecule has 0 fully saturated rings. The molecule has 0 aliphatic heterocycles. The van der Waals surface area contributed by atoms with Gasteiger partial charge in [-0.25, -0.2) is 0 Å². The number of carbonyl (C=O) groups excluding carboxylic acids is 1. The van der Waals surface area contributed by atoms with Crippen molar-refractivity contribution in [3.05, 3.63) is 41.5 Å². The predicted octanol–water partition coefficient (Wildman–Crippen LogP) is 2.54. The van der Waals surface area contributed by atoms with Gasteiger partial charge in [0.2, 0.25) is 0 Å². The molecule has 1 aliphatic carbocycles. The first-order valence-corrected chi connectivity index (χ1v) is 5.92. The van der Waals surface area contributed by atoms with Crippen LogP contribution in [-0.4, -0.2) is 17.1 Å². The van der Waals surface area contributed by atoms with Gasteiger partial charge in [-0.2, -0.15) is 0 Å². The van der Waals surface area contributed by atoms with Crippen molar-refractivity contribution in [3.8, 4) is 5.75 Å². The fourth-order valence-corrected chi connectivity index (χ4v) is 2.02. The van der Waals surface area contributed by atoms with Crippen LogP contribution >= 0.6 is 0 Å². The number of amides is 1. The van der Waals surface area contributed by atoms with E-state index in [0.717, 1.165) is 24.8 Å². The van der Waals surface area contributed by atoms with Gasteiger partial charge in [-0.15, -0.1) is 0 Å². The van der Waals surface area contributed by atoms with Crippen molar-refractivity contribution in [1.29, 1.82) is 0 Å².